The smallest absolute Gasteiger partial charge is 0.0141 e. The van der Waals surface area contributed by atoms with Crippen LogP contribution in [0, 0.1) is 0 Å². The molecule has 0 spiro atoms. The van der Waals surface area contributed by atoms with E-state index >= 15 is 0 Å². The second kappa shape index (κ2) is 4.63. The van der Waals surface area contributed by atoms with Gasteiger partial charge < -0.3 is 0 Å². The van der Waals surface area contributed by atoms with Gasteiger partial charge in [0.2, 0.25) is 0 Å². The largest absolute Gasteiger partial charge is 0.100 e. The van der Waals surface area contributed by atoms with Crippen molar-refractivity contribution >= 4 is 11.6 Å². The van der Waals surface area contributed by atoms with Crippen molar-refractivity contribution in [2.75, 3.05) is 0 Å². The van der Waals surface area contributed by atoms with Gasteiger partial charge in [0.25, 0.3) is 0 Å². The van der Waals surface area contributed by atoms with Gasteiger partial charge >= 0.3 is 0 Å². The summed E-state index contributed by atoms with van der Waals surface area (Å²) in [7, 11) is 0. The number of allylic oxidation sites excluding steroid dienone is 3. The SMILES string of the molecule is C=C(C)CCC(Cl)=CC. The minimum atomic E-state index is 0.929. The normalized spacial score (nSPS) is 11.7. The maximum Gasteiger partial charge on any atom is 0.0141 e. The fourth-order valence-corrected chi connectivity index (χ4v) is 0.572. The molecule has 0 atom stereocenters. The lowest BCUT2D eigenvalue weighted by Crippen LogP contribution is -1.75. The molecule has 0 nitrogen and oxygen atoms in total. The second-order valence-corrected chi connectivity index (χ2v) is 2.68. The molecule has 0 aliphatic heterocycles. The van der Waals surface area contributed by atoms with Gasteiger partial charge in [-0.05, 0) is 26.7 Å². The molecule has 0 aromatic heterocycles. The van der Waals surface area contributed by atoms with Crippen LogP contribution in [0.25, 0.3) is 0 Å². The summed E-state index contributed by atoms with van der Waals surface area (Å²) in [6.45, 7) is 7.73. The molecule has 0 bridgehead atoms. The van der Waals surface area contributed by atoms with Gasteiger partial charge in [0.05, 0.1) is 0 Å². The zero-order chi connectivity index (χ0) is 7.28. The molecule has 1 heteroatoms. The zero-order valence-corrected chi connectivity index (χ0v) is 6.83. The fraction of sp³-hybridized carbons (Fsp3) is 0.500. The first-order chi connectivity index (χ1) is 4.16. The van der Waals surface area contributed by atoms with Crippen LogP contribution in [0.15, 0.2) is 23.3 Å². The highest BCUT2D eigenvalue weighted by Crippen LogP contribution is 2.12. The van der Waals surface area contributed by atoms with Crippen molar-refractivity contribution < 1.29 is 0 Å². The number of halogens is 1. The summed E-state index contributed by atoms with van der Waals surface area (Å²) in [6.07, 6.45) is 3.86. The van der Waals surface area contributed by atoms with E-state index in [1.807, 2.05) is 19.9 Å². The van der Waals surface area contributed by atoms with Crippen LogP contribution in [-0.4, -0.2) is 0 Å². The third-order valence-corrected chi connectivity index (χ3v) is 1.51. The minimum Gasteiger partial charge on any atom is -0.100 e. The Balaban J connectivity index is 3.39. The van der Waals surface area contributed by atoms with Crippen molar-refractivity contribution in [1.29, 1.82) is 0 Å². The van der Waals surface area contributed by atoms with Crippen molar-refractivity contribution in [2.24, 2.45) is 0 Å². The van der Waals surface area contributed by atoms with Gasteiger partial charge in [-0.25, -0.2) is 0 Å². The van der Waals surface area contributed by atoms with E-state index in [2.05, 4.69) is 6.58 Å². The van der Waals surface area contributed by atoms with Gasteiger partial charge in [0, 0.05) is 5.03 Å². The summed E-state index contributed by atoms with van der Waals surface area (Å²) < 4.78 is 0. The molecule has 0 aliphatic carbocycles. The maximum absolute atomic E-state index is 5.73. The highest BCUT2D eigenvalue weighted by atomic mass is 35.5. The predicted molar refractivity (Wildman–Crippen MR) is 43.7 cm³/mol. The van der Waals surface area contributed by atoms with E-state index in [9.17, 15) is 0 Å². The molecule has 0 fully saturated rings. The number of hydrogen-bond donors (Lipinski definition) is 0. The summed E-state index contributed by atoms with van der Waals surface area (Å²) in [5.41, 5.74) is 1.19. The summed E-state index contributed by atoms with van der Waals surface area (Å²) in [4.78, 5) is 0. The minimum absolute atomic E-state index is 0.929. The maximum atomic E-state index is 5.73. The van der Waals surface area contributed by atoms with Crippen molar-refractivity contribution in [3.8, 4) is 0 Å². The van der Waals surface area contributed by atoms with E-state index in [4.69, 9.17) is 11.6 Å². The molecule has 0 heterocycles. The first-order valence-corrected chi connectivity index (χ1v) is 3.49. The van der Waals surface area contributed by atoms with Crippen LogP contribution in [0.1, 0.15) is 26.7 Å². The van der Waals surface area contributed by atoms with E-state index in [0.717, 1.165) is 17.9 Å². The Morgan fingerprint density at radius 1 is 1.56 bits per heavy atom. The van der Waals surface area contributed by atoms with Gasteiger partial charge in [-0.2, -0.15) is 0 Å². The fourth-order valence-electron chi connectivity index (χ4n) is 0.477. The Morgan fingerprint density at radius 3 is 2.44 bits per heavy atom. The molecule has 0 rings (SSSR count). The molecule has 0 amide bonds. The summed E-state index contributed by atoms with van der Waals surface area (Å²) in [5, 5.41) is 0.929. The first-order valence-electron chi connectivity index (χ1n) is 3.12. The molecule has 0 saturated heterocycles. The third kappa shape index (κ3) is 5.64. The van der Waals surface area contributed by atoms with Crippen LogP contribution in [0.5, 0.6) is 0 Å². The molecule has 0 aromatic carbocycles. The van der Waals surface area contributed by atoms with Crippen LogP contribution in [0.3, 0.4) is 0 Å². The van der Waals surface area contributed by atoms with Crippen LogP contribution in [0.2, 0.25) is 0 Å². The van der Waals surface area contributed by atoms with Crippen LogP contribution < -0.4 is 0 Å². The molecule has 0 saturated carbocycles. The van der Waals surface area contributed by atoms with Gasteiger partial charge in [-0.1, -0.05) is 23.3 Å². The van der Waals surface area contributed by atoms with Crippen LogP contribution >= 0.6 is 11.6 Å². The topological polar surface area (TPSA) is 0 Å². The van der Waals surface area contributed by atoms with E-state index in [1.165, 1.54) is 5.57 Å². The average molecular weight is 145 g/mol. The molecule has 9 heavy (non-hydrogen) atoms. The van der Waals surface area contributed by atoms with Crippen molar-refractivity contribution in [3.63, 3.8) is 0 Å². The lowest BCUT2D eigenvalue weighted by molar-refractivity contribution is 0.968. The number of hydrogen-bond acceptors (Lipinski definition) is 0. The molecule has 52 valence electrons. The van der Waals surface area contributed by atoms with Gasteiger partial charge in [0.15, 0.2) is 0 Å². The highest BCUT2D eigenvalue weighted by molar-refractivity contribution is 6.29. The third-order valence-electron chi connectivity index (χ3n) is 1.10. The Hall–Kier alpha value is -0.230. The standard InChI is InChI=1S/C8H13Cl/c1-4-8(9)6-5-7(2)3/h4H,2,5-6H2,1,3H3. The molecular weight excluding hydrogens is 132 g/mol. The summed E-state index contributed by atoms with van der Waals surface area (Å²) in [5.74, 6) is 0. The highest BCUT2D eigenvalue weighted by Gasteiger charge is 1.89. The van der Waals surface area contributed by atoms with E-state index in [0.29, 0.717) is 0 Å². The van der Waals surface area contributed by atoms with Crippen molar-refractivity contribution in [1.82, 2.24) is 0 Å². The summed E-state index contributed by atoms with van der Waals surface area (Å²) in [6, 6.07) is 0. The van der Waals surface area contributed by atoms with E-state index < -0.39 is 0 Å². The first kappa shape index (κ1) is 8.77. The van der Waals surface area contributed by atoms with Gasteiger partial charge in [-0.3, -0.25) is 0 Å². The lowest BCUT2D eigenvalue weighted by Gasteiger charge is -1.95. The molecule has 0 unspecified atom stereocenters. The van der Waals surface area contributed by atoms with Crippen LogP contribution in [0.4, 0.5) is 0 Å². The Bertz CT molecular complexity index is 123. The molecule has 0 radical (unpaired) electrons. The van der Waals surface area contributed by atoms with Crippen LogP contribution in [-0.2, 0) is 0 Å². The monoisotopic (exact) mass is 144 g/mol. The molecule has 0 aliphatic rings. The molecule has 0 N–H and O–H groups in total. The van der Waals surface area contributed by atoms with Crippen molar-refractivity contribution in [3.05, 3.63) is 23.3 Å². The van der Waals surface area contributed by atoms with E-state index in [1.54, 1.807) is 0 Å². The van der Waals surface area contributed by atoms with Crippen molar-refractivity contribution in [2.45, 2.75) is 26.7 Å². The summed E-state index contributed by atoms with van der Waals surface area (Å²) >= 11 is 5.73. The van der Waals surface area contributed by atoms with E-state index in [-0.39, 0.29) is 0 Å². The van der Waals surface area contributed by atoms with Gasteiger partial charge in [0.1, 0.15) is 0 Å². The Labute approximate surface area is 62.2 Å². The quantitative estimate of drug-likeness (QED) is 0.532. The molecule has 0 aromatic rings. The second-order valence-electron chi connectivity index (χ2n) is 2.19. The number of rotatable bonds is 3. The lowest BCUT2D eigenvalue weighted by atomic mass is 10.2. The predicted octanol–water partition coefficient (Wildman–Crippen LogP) is 3.49. The Morgan fingerprint density at radius 2 is 2.11 bits per heavy atom. The Kier molecular flexibility index (Phi) is 4.51. The zero-order valence-electron chi connectivity index (χ0n) is 6.08. The van der Waals surface area contributed by atoms with Gasteiger partial charge in [-0.15, -0.1) is 6.58 Å². The average Bonchev–Trinajstić information content (AvgIpc) is 1.83. The molecular formula is C8H13Cl.